The summed E-state index contributed by atoms with van der Waals surface area (Å²) in [7, 11) is 0. The zero-order chi connectivity index (χ0) is 19.5. The SMILES string of the molecule is Cc1ccc(NC(=O)C(=O)NCCc2csc3nc(-c4cccs4)nn23)cc1. The second-order valence-electron chi connectivity index (χ2n) is 6.16. The van der Waals surface area contributed by atoms with E-state index in [1.54, 1.807) is 28.0 Å². The van der Waals surface area contributed by atoms with E-state index in [0.29, 0.717) is 24.5 Å². The van der Waals surface area contributed by atoms with E-state index in [9.17, 15) is 9.59 Å². The van der Waals surface area contributed by atoms with Crippen LogP contribution in [0.4, 0.5) is 5.69 Å². The van der Waals surface area contributed by atoms with Gasteiger partial charge in [-0.15, -0.1) is 27.8 Å². The van der Waals surface area contributed by atoms with Crippen LogP contribution in [0.15, 0.2) is 47.2 Å². The standard InChI is InChI=1S/C19H17N5O2S2/c1-12-4-6-13(7-5-12)21-18(26)17(25)20-9-8-14-11-28-19-22-16(23-24(14)19)15-3-2-10-27-15/h2-7,10-11H,8-9H2,1H3,(H,20,25)(H,21,26). The number of thiazole rings is 1. The van der Waals surface area contributed by atoms with E-state index in [1.165, 1.54) is 11.3 Å². The number of thiophene rings is 1. The largest absolute Gasteiger partial charge is 0.347 e. The number of anilines is 1. The summed E-state index contributed by atoms with van der Waals surface area (Å²) < 4.78 is 1.79. The Morgan fingerprint density at radius 1 is 1.11 bits per heavy atom. The molecule has 0 fully saturated rings. The lowest BCUT2D eigenvalue weighted by molar-refractivity contribution is -0.136. The number of hydrogen-bond donors (Lipinski definition) is 2. The van der Waals surface area contributed by atoms with Crippen molar-refractivity contribution in [2.75, 3.05) is 11.9 Å². The van der Waals surface area contributed by atoms with E-state index < -0.39 is 11.8 Å². The molecule has 4 aromatic rings. The Labute approximate surface area is 169 Å². The number of nitrogens with zero attached hydrogens (tertiary/aromatic N) is 3. The minimum Gasteiger partial charge on any atom is -0.347 e. The third-order valence-electron chi connectivity index (χ3n) is 4.07. The lowest BCUT2D eigenvalue weighted by Crippen LogP contribution is -2.36. The summed E-state index contributed by atoms with van der Waals surface area (Å²) in [6.45, 7) is 2.29. The van der Waals surface area contributed by atoms with Gasteiger partial charge in [0.25, 0.3) is 0 Å². The van der Waals surface area contributed by atoms with Crippen molar-refractivity contribution in [3.05, 3.63) is 58.4 Å². The number of aromatic nitrogens is 3. The van der Waals surface area contributed by atoms with Crippen molar-refractivity contribution < 1.29 is 9.59 Å². The molecule has 0 unspecified atom stereocenters. The molecule has 1 aromatic carbocycles. The lowest BCUT2D eigenvalue weighted by atomic mass is 10.2. The van der Waals surface area contributed by atoms with Gasteiger partial charge in [0.2, 0.25) is 4.96 Å². The highest BCUT2D eigenvalue weighted by molar-refractivity contribution is 7.15. The second-order valence-corrected chi connectivity index (χ2v) is 7.94. The molecule has 2 amide bonds. The fraction of sp³-hybridized carbons (Fsp3) is 0.158. The number of benzene rings is 1. The summed E-state index contributed by atoms with van der Waals surface area (Å²) in [6.07, 6.45) is 0.552. The van der Waals surface area contributed by atoms with Crippen molar-refractivity contribution >= 4 is 45.1 Å². The summed E-state index contributed by atoms with van der Waals surface area (Å²) in [5.74, 6) is -0.644. The summed E-state index contributed by atoms with van der Waals surface area (Å²) in [5, 5.41) is 13.7. The topological polar surface area (TPSA) is 88.4 Å². The number of amides is 2. The van der Waals surface area contributed by atoms with Crippen LogP contribution in [0.3, 0.4) is 0 Å². The maximum absolute atomic E-state index is 12.0. The van der Waals surface area contributed by atoms with Crippen LogP contribution in [0.25, 0.3) is 15.7 Å². The van der Waals surface area contributed by atoms with E-state index in [0.717, 1.165) is 21.1 Å². The third-order valence-corrected chi connectivity index (χ3v) is 5.80. The summed E-state index contributed by atoms with van der Waals surface area (Å²) in [4.78, 5) is 30.4. The van der Waals surface area contributed by atoms with Gasteiger partial charge in [-0.05, 0) is 30.5 Å². The average Bonchev–Trinajstić information content (AvgIpc) is 3.41. The molecule has 142 valence electrons. The minimum absolute atomic E-state index is 0.334. The predicted molar refractivity (Wildman–Crippen MR) is 111 cm³/mol. The molecule has 0 radical (unpaired) electrons. The Kier molecular flexibility index (Phi) is 5.18. The Bertz CT molecular complexity index is 1110. The molecular weight excluding hydrogens is 394 g/mol. The van der Waals surface area contributed by atoms with Crippen LogP contribution in [-0.2, 0) is 16.0 Å². The van der Waals surface area contributed by atoms with E-state index in [-0.39, 0.29) is 0 Å². The third kappa shape index (κ3) is 3.95. The molecule has 0 aliphatic carbocycles. The van der Waals surface area contributed by atoms with E-state index >= 15 is 0 Å². The smallest absolute Gasteiger partial charge is 0.313 e. The van der Waals surface area contributed by atoms with Crippen LogP contribution < -0.4 is 10.6 Å². The van der Waals surface area contributed by atoms with Crippen molar-refractivity contribution in [1.82, 2.24) is 19.9 Å². The van der Waals surface area contributed by atoms with Crippen LogP contribution in [0, 0.1) is 6.92 Å². The molecule has 0 spiro atoms. The summed E-state index contributed by atoms with van der Waals surface area (Å²) in [5.41, 5.74) is 2.61. The molecule has 4 rings (SSSR count). The van der Waals surface area contributed by atoms with E-state index in [4.69, 9.17) is 0 Å². The van der Waals surface area contributed by atoms with Gasteiger partial charge in [-0.25, -0.2) is 4.52 Å². The van der Waals surface area contributed by atoms with E-state index in [1.807, 2.05) is 41.9 Å². The van der Waals surface area contributed by atoms with Crippen LogP contribution in [-0.4, -0.2) is 33.0 Å². The number of rotatable bonds is 5. The molecule has 28 heavy (non-hydrogen) atoms. The highest BCUT2D eigenvalue weighted by Crippen LogP contribution is 2.24. The van der Waals surface area contributed by atoms with Gasteiger partial charge in [0.05, 0.1) is 10.6 Å². The zero-order valence-corrected chi connectivity index (χ0v) is 16.6. The number of hydrogen-bond acceptors (Lipinski definition) is 6. The van der Waals surface area contributed by atoms with Gasteiger partial charge in [-0.1, -0.05) is 23.8 Å². The maximum Gasteiger partial charge on any atom is 0.313 e. The van der Waals surface area contributed by atoms with Gasteiger partial charge < -0.3 is 10.6 Å². The monoisotopic (exact) mass is 411 g/mol. The molecule has 0 saturated carbocycles. The van der Waals surface area contributed by atoms with Gasteiger partial charge >= 0.3 is 11.8 Å². The first-order valence-electron chi connectivity index (χ1n) is 8.63. The molecule has 0 atom stereocenters. The van der Waals surface area contributed by atoms with Crippen molar-refractivity contribution in [1.29, 1.82) is 0 Å². The van der Waals surface area contributed by atoms with Crippen LogP contribution in [0.5, 0.6) is 0 Å². The molecule has 0 saturated heterocycles. The molecule has 2 N–H and O–H groups in total. The minimum atomic E-state index is -0.681. The number of aryl methyl sites for hydroxylation is 1. The van der Waals surface area contributed by atoms with Crippen molar-refractivity contribution in [3.63, 3.8) is 0 Å². The normalized spacial score (nSPS) is 10.9. The van der Waals surface area contributed by atoms with E-state index in [2.05, 4.69) is 20.7 Å². The number of carbonyl (C=O) groups excluding carboxylic acids is 2. The first kappa shape index (κ1) is 18.3. The Morgan fingerprint density at radius 3 is 2.68 bits per heavy atom. The molecule has 3 heterocycles. The van der Waals surface area contributed by atoms with Crippen LogP contribution in [0.1, 0.15) is 11.3 Å². The molecular formula is C19H17N5O2S2. The van der Waals surface area contributed by atoms with Crippen LogP contribution in [0.2, 0.25) is 0 Å². The van der Waals surface area contributed by atoms with Gasteiger partial charge in [0.15, 0.2) is 5.82 Å². The highest BCUT2D eigenvalue weighted by atomic mass is 32.1. The number of nitrogens with one attached hydrogen (secondary N) is 2. The van der Waals surface area contributed by atoms with Crippen molar-refractivity contribution in [2.24, 2.45) is 0 Å². The molecule has 0 aliphatic rings. The molecule has 0 bridgehead atoms. The lowest BCUT2D eigenvalue weighted by Gasteiger charge is -2.06. The summed E-state index contributed by atoms with van der Waals surface area (Å²) in [6, 6.07) is 11.2. The van der Waals surface area contributed by atoms with Crippen molar-refractivity contribution in [3.8, 4) is 10.7 Å². The molecule has 0 aliphatic heterocycles. The van der Waals surface area contributed by atoms with Gasteiger partial charge in [0, 0.05) is 24.0 Å². The van der Waals surface area contributed by atoms with Crippen LogP contribution >= 0.6 is 22.7 Å². The van der Waals surface area contributed by atoms with Gasteiger partial charge in [0.1, 0.15) is 0 Å². The Morgan fingerprint density at radius 2 is 1.93 bits per heavy atom. The predicted octanol–water partition coefficient (Wildman–Crippen LogP) is 3.13. The first-order chi connectivity index (χ1) is 13.6. The quantitative estimate of drug-likeness (QED) is 0.494. The molecule has 3 aromatic heterocycles. The maximum atomic E-state index is 12.0. The average molecular weight is 412 g/mol. The first-order valence-corrected chi connectivity index (χ1v) is 10.4. The second kappa shape index (κ2) is 7.91. The molecule has 7 nitrogen and oxygen atoms in total. The van der Waals surface area contributed by atoms with Gasteiger partial charge in [-0.2, -0.15) is 4.98 Å². The van der Waals surface area contributed by atoms with Crippen molar-refractivity contribution in [2.45, 2.75) is 13.3 Å². The Hall–Kier alpha value is -3.04. The summed E-state index contributed by atoms with van der Waals surface area (Å²) >= 11 is 3.09. The Balaban J connectivity index is 1.33. The molecule has 9 heteroatoms. The highest BCUT2D eigenvalue weighted by Gasteiger charge is 2.15. The number of fused-ring (bicyclic) bond motifs is 1. The number of carbonyl (C=O) groups is 2. The fourth-order valence-electron chi connectivity index (χ4n) is 2.62. The van der Waals surface area contributed by atoms with Gasteiger partial charge in [-0.3, -0.25) is 9.59 Å². The zero-order valence-electron chi connectivity index (χ0n) is 15.0. The fourth-order valence-corrected chi connectivity index (χ4v) is 4.12.